The Labute approximate surface area is 166 Å². The maximum absolute atomic E-state index is 12.3. The molecule has 0 unspecified atom stereocenters. The smallest absolute Gasteiger partial charge is 0.349 e. The second kappa shape index (κ2) is 8.92. The lowest BCUT2D eigenvalue weighted by molar-refractivity contribution is 0.0844. The Morgan fingerprint density at radius 2 is 1.76 bits per heavy atom. The zero-order valence-corrected chi connectivity index (χ0v) is 16.0. The Morgan fingerprint density at radius 1 is 1.00 bits per heavy atom. The lowest BCUT2D eigenvalue weighted by Crippen LogP contribution is -2.43. The second-order valence-electron chi connectivity index (χ2n) is 6.11. The van der Waals surface area contributed by atoms with E-state index in [9.17, 15) is 14.4 Å². The van der Waals surface area contributed by atoms with Crippen LogP contribution in [0.1, 0.15) is 34.1 Å². The first kappa shape index (κ1) is 19.9. The molecular formula is C21H20N2O6. The van der Waals surface area contributed by atoms with E-state index in [4.69, 9.17) is 13.9 Å². The summed E-state index contributed by atoms with van der Waals surface area (Å²) in [4.78, 5) is 36.7. The number of hydrazine groups is 1. The summed E-state index contributed by atoms with van der Waals surface area (Å²) < 4.78 is 15.9. The van der Waals surface area contributed by atoms with Crippen LogP contribution in [0.2, 0.25) is 0 Å². The van der Waals surface area contributed by atoms with Crippen LogP contribution in [0.3, 0.4) is 0 Å². The molecule has 8 heteroatoms. The minimum Gasteiger partial charge on any atom is -0.493 e. The third kappa shape index (κ3) is 4.55. The van der Waals surface area contributed by atoms with Gasteiger partial charge in [0, 0.05) is 10.9 Å². The highest BCUT2D eigenvalue weighted by atomic mass is 16.5. The van der Waals surface area contributed by atoms with Crippen LogP contribution in [0, 0.1) is 0 Å². The molecule has 2 N–H and O–H groups in total. The molecule has 0 saturated carbocycles. The van der Waals surface area contributed by atoms with Crippen LogP contribution in [0.4, 0.5) is 0 Å². The topological polar surface area (TPSA) is 107 Å². The largest absolute Gasteiger partial charge is 0.493 e. The normalized spacial score (nSPS) is 10.4. The fourth-order valence-corrected chi connectivity index (χ4v) is 2.61. The molecule has 8 nitrogen and oxygen atoms in total. The quantitative estimate of drug-likeness (QED) is 0.490. The number of amides is 2. The Bertz CT molecular complexity index is 1110. The Morgan fingerprint density at radius 3 is 2.52 bits per heavy atom. The number of nitrogens with one attached hydrogen (secondary N) is 2. The van der Waals surface area contributed by atoms with Crippen LogP contribution < -0.4 is 26.0 Å². The van der Waals surface area contributed by atoms with E-state index >= 15 is 0 Å². The molecule has 1 heterocycles. The molecule has 0 fully saturated rings. The summed E-state index contributed by atoms with van der Waals surface area (Å²) in [6, 6.07) is 12.9. The van der Waals surface area contributed by atoms with Crippen molar-refractivity contribution >= 4 is 22.8 Å². The predicted octanol–water partition coefficient (Wildman–Crippen LogP) is 2.67. The molecule has 0 aliphatic rings. The van der Waals surface area contributed by atoms with E-state index in [0.29, 0.717) is 29.1 Å². The van der Waals surface area contributed by atoms with Crippen molar-refractivity contribution in [2.24, 2.45) is 0 Å². The fraction of sp³-hybridized carbons (Fsp3) is 0.190. The number of hydrogen-bond acceptors (Lipinski definition) is 6. The summed E-state index contributed by atoms with van der Waals surface area (Å²) in [5.41, 5.74) is 4.09. The molecule has 0 bridgehead atoms. The van der Waals surface area contributed by atoms with E-state index < -0.39 is 17.4 Å². The minimum absolute atomic E-state index is 0.218. The summed E-state index contributed by atoms with van der Waals surface area (Å²) in [6.07, 6.45) is 0.834. The standard InChI is InChI=1S/C21H20N2O6/c1-3-10-28-17-9-8-14(12-18(17)27-2)19(24)22-23-20(25)15-11-13-6-4-5-7-16(13)29-21(15)26/h4-9,11-12H,3,10H2,1-2H3,(H,22,24)(H,23,25). The lowest BCUT2D eigenvalue weighted by Gasteiger charge is -2.12. The van der Waals surface area contributed by atoms with E-state index in [0.717, 1.165) is 6.42 Å². The predicted molar refractivity (Wildman–Crippen MR) is 106 cm³/mol. The first-order valence-electron chi connectivity index (χ1n) is 8.98. The molecular weight excluding hydrogens is 376 g/mol. The van der Waals surface area contributed by atoms with Crippen LogP contribution in [0.25, 0.3) is 11.0 Å². The van der Waals surface area contributed by atoms with Crippen LogP contribution in [0.5, 0.6) is 11.5 Å². The molecule has 0 aliphatic heterocycles. The van der Waals surface area contributed by atoms with Crippen molar-refractivity contribution in [2.75, 3.05) is 13.7 Å². The number of carbonyl (C=O) groups excluding carboxylic acids is 2. The van der Waals surface area contributed by atoms with Crippen molar-refractivity contribution < 1.29 is 23.5 Å². The van der Waals surface area contributed by atoms with Crippen molar-refractivity contribution in [3.8, 4) is 11.5 Å². The van der Waals surface area contributed by atoms with Gasteiger partial charge in [0.25, 0.3) is 11.8 Å². The van der Waals surface area contributed by atoms with E-state index in [1.54, 1.807) is 36.4 Å². The van der Waals surface area contributed by atoms with Crippen molar-refractivity contribution in [3.63, 3.8) is 0 Å². The van der Waals surface area contributed by atoms with Gasteiger partial charge in [0.1, 0.15) is 11.1 Å². The van der Waals surface area contributed by atoms with E-state index in [2.05, 4.69) is 10.9 Å². The summed E-state index contributed by atoms with van der Waals surface area (Å²) in [5, 5.41) is 0.594. The van der Waals surface area contributed by atoms with Gasteiger partial charge >= 0.3 is 5.63 Å². The molecule has 2 aromatic carbocycles. The monoisotopic (exact) mass is 396 g/mol. The second-order valence-corrected chi connectivity index (χ2v) is 6.11. The minimum atomic E-state index is -0.797. The summed E-state index contributed by atoms with van der Waals surface area (Å²) >= 11 is 0. The average molecular weight is 396 g/mol. The van der Waals surface area contributed by atoms with Crippen LogP contribution in [-0.2, 0) is 0 Å². The zero-order valence-electron chi connectivity index (χ0n) is 16.0. The first-order chi connectivity index (χ1) is 14.0. The number of carbonyl (C=O) groups is 2. The highest BCUT2D eigenvalue weighted by Crippen LogP contribution is 2.28. The molecule has 3 rings (SSSR count). The number of ether oxygens (including phenoxy) is 2. The van der Waals surface area contributed by atoms with Gasteiger partial charge in [-0.1, -0.05) is 25.1 Å². The van der Waals surface area contributed by atoms with Gasteiger partial charge in [-0.25, -0.2) is 4.79 Å². The number of hydrogen-bond donors (Lipinski definition) is 2. The van der Waals surface area contributed by atoms with Gasteiger partial charge < -0.3 is 13.9 Å². The number of methoxy groups -OCH3 is 1. The van der Waals surface area contributed by atoms with Crippen molar-refractivity contribution in [2.45, 2.75) is 13.3 Å². The van der Waals surface area contributed by atoms with Gasteiger partial charge in [-0.3, -0.25) is 20.4 Å². The zero-order chi connectivity index (χ0) is 20.8. The molecule has 0 aliphatic carbocycles. The molecule has 3 aromatic rings. The van der Waals surface area contributed by atoms with E-state index in [-0.39, 0.29) is 11.1 Å². The molecule has 0 saturated heterocycles. The highest BCUT2D eigenvalue weighted by molar-refractivity contribution is 6.00. The van der Waals surface area contributed by atoms with Crippen molar-refractivity contribution in [1.82, 2.24) is 10.9 Å². The van der Waals surface area contributed by atoms with Gasteiger partial charge in [-0.05, 0) is 36.8 Å². The van der Waals surface area contributed by atoms with Gasteiger partial charge in [-0.15, -0.1) is 0 Å². The maximum Gasteiger partial charge on any atom is 0.349 e. The molecule has 0 atom stereocenters. The summed E-state index contributed by atoms with van der Waals surface area (Å²) in [7, 11) is 1.47. The SMILES string of the molecule is CCCOc1ccc(C(=O)NNC(=O)c2cc3ccccc3oc2=O)cc1OC. The van der Waals surface area contributed by atoms with Crippen molar-refractivity contribution in [1.29, 1.82) is 0 Å². The Balaban J connectivity index is 1.71. The van der Waals surface area contributed by atoms with Gasteiger partial charge in [-0.2, -0.15) is 0 Å². The third-order valence-corrected chi connectivity index (χ3v) is 4.06. The number of fused-ring (bicyclic) bond motifs is 1. The molecule has 150 valence electrons. The lowest BCUT2D eigenvalue weighted by atomic mass is 10.2. The van der Waals surface area contributed by atoms with Crippen LogP contribution in [0.15, 0.2) is 57.7 Å². The molecule has 0 spiro atoms. The van der Waals surface area contributed by atoms with Crippen LogP contribution >= 0.6 is 0 Å². The van der Waals surface area contributed by atoms with Gasteiger partial charge in [0.15, 0.2) is 11.5 Å². The van der Waals surface area contributed by atoms with E-state index in [1.807, 2.05) is 6.92 Å². The molecule has 29 heavy (non-hydrogen) atoms. The Hall–Kier alpha value is -3.81. The third-order valence-electron chi connectivity index (χ3n) is 4.06. The fourth-order valence-electron chi connectivity index (χ4n) is 2.61. The number of rotatable bonds is 6. The molecule has 2 amide bonds. The maximum atomic E-state index is 12.3. The molecule has 0 radical (unpaired) electrons. The van der Waals surface area contributed by atoms with Gasteiger partial charge in [0.05, 0.1) is 13.7 Å². The number of para-hydroxylation sites is 1. The average Bonchev–Trinajstić information content (AvgIpc) is 2.75. The highest BCUT2D eigenvalue weighted by Gasteiger charge is 2.16. The van der Waals surface area contributed by atoms with Gasteiger partial charge in [0.2, 0.25) is 0 Å². The van der Waals surface area contributed by atoms with Crippen LogP contribution in [-0.4, -0.2) is 25.5 Å². The number of benzene rings is 2. The van der Waals surface area contributed by atoms with Crippen molar-refractivity contribution in [3.05, 3.63) is 70.1 Å². The Kier molecular flexibility index (Phi) is 6.13. The molecule has 1 aromatic heterocycles. The summed E-state index contributed by atoms with van der Waals surface area (Å²) in [6.45, 7) is 2.50. The van der Waals surface area contributed by atoms with E-state index in [1.165, 1.54) is 19.2 Å². The first-order valence-corrected chi connectivity index (χ1v) is 8.98. The summed E-state index contributed by atoms with van der Waals surface area (Å²) in [5.74, 6) is -0.451.